The van der Waals surface area contributed by atoms with Crippen LogP contribution in [0.25, 0.3) is 0 Å². The van der Waals surface area contributed by atoms with Crippen LogP contribution < -0.4 is 10.6 Å². The molecule has 1 amide bonds. The van der Waals surface area contributed by atoms with Crippen molar-refractivity contribution < 1.29 is 13.9 Å². The zero-order valence-electron chi connectivity index (χ0n) is 10.6. The first-order chi connectivity index (χ1) is 9.07. The standard InChI is InChI=1S/C13H16ClFN2O2/c1-19-8-13(4-5-16-7-13)12(18)17-11-3-2-9(14)6-10(11)15/h2-3,6,16H,4-5,7-8H2,1H3,(H,17,18). The van der Waals surface area contributed by atoms with Crippen LogP contribution in [-0.4, -0.2) is 32.7 Å². The van der Waals surface area contributed by atoms with E-state index in [9.17, 15) is 9.18 Å². The monoisotopic (exact) mass is 286 g/mol. The Morgan fingerprint density at radius 1 is 1.63 bits per heavy atom. The minimum atomic E-state index is -0.638. The van der Waals surface area contributed by atoms with Gasteiger partial charge < -0.3 is 15.4 Å². The van der Waals surface area contributed by atoms with Crippen LogP contribution >= 0.6 is 11.6 Å². The Kier molecular flexibility index (Phi) is 4.39. The number of methoxy groups -OCH3 is 1. The van der Waals surface area contributed by atoms with Gasteiger partial charge in [0.25, 0.3) is 0 Å². The van der Waals surface area contributed by atoms with Crippen LogP contribution in [0.5, 0.6) is 0 Å². The first-order valence-corrected chi connectivity index (χ1v) is 6.41. The van der Waals surface area contributed by atoms with E-state index in [0.29, 0.717) is 24.6 Å². The zero-order valence-corrected chi connectivity index (χ0v) is 11.4. The largest absolute Gasteiger partial charge is 0.384 e. The maximum Gasteiger partial charge on any atom is 0.234 e. The van der Waals surface area contributed by atoms with Gasteiger partial charge in [-0.05, 0) is 31.2 Å². The van der Waals surface area contributed by atoms with E-state index in [1.54, 1.807) is 7.11 Å². The molecule has 2 N–H and O–H groups in total. The van der Waals surface area contributed by atoms with E-state index >= 15 is 0 Å². The summed E-state index contributed by atoms with van der Waals surface area (Å²) in [7, 11) is 1.55. The van der Waals surface area contributed by atoms with Gasteiger partial charge in [-0.2, -0.15) is 0 Å². The highest BCUT2D eigenvalue weighted by Crippen LogP contribution is 2.29. The van der Waals surface area contributed by atoms with Crippen molar-refractivity contribution in [3.63, 3.8) is 0 Å². The topological polar surface area (TPSA) is 50.4 Å². The third kappa shape index (κ3) is 3.05. The fraction of sp³-hybridized carbons (Fsp3) is 0.462. The number of rotatable bonds is 4. The molecule has 0 spiro atoms. The van der Waals surface area contributed by atoms with E-state index in [0.717, 1.165) is 6.54 Å². The molecule has 1 unspecified atom stereocenters. The van der Waals surface area contributed by atoms with E-state index in [4.69, 9.17) is 16.3 Å². The van der Waals surface area contributed by atoms with Crippen LogP contribution in [0.4, 0.5) is 10.1 Å². The SMILES string of the molecule is COCC1(C(=O)Nc2ccc(Cl)cc2F)CCNC1. The molecule has 1 aliphatic rings. The molecule has 0 radical (unpaired) electrons. The Labute approximate surface area is 116 Å². The second kappa shape index (κ2) is 5.86. The van der Waals surface area contributed by atoms with Crippen molar-refractivity contribution in [1.29, 1.82) is 0 Å². The van der Waals surface area contributed by atoms with Crippen molar-refractivity contribution in [2.24, 2.45) is 5.41 Å². The van der Waals surface area contributed by atoms with E-state index < -0.39 is 11.2 Å². The first-order valence-electron chi connectivity index (χ1n) is 6.03. The second-order valence-electron chi connectivity index (χ2n) is 4.72. The average Bonchev–Trinajstić information content (AvgIpc) is 2.83. The van der Waals surface area contributed by atoms with Crippen LogP contribution in [0.15, 0.2) is 18.2 Å². The number of halogens is 2. The second-order valence-corrected chi connectivity index (χ2v) is 5.15. The van der Waals surface area contributed by atoms with Crippen LogP contribution in [0.3, 0.4) is 0 Å². The van der Waals surface area contributed by atoms with Gasteiger partial charge in [0.1, 0.15) is 5.82 Å². The van der Waals surface area contributed by atoms with Crippen molar-refractivity contribution in [3.8, 4) is 0 Å². The Balaban J connectivity index is 2.15. The van der Waals surface area contributed by atoms with E-state index in [1.807, 2.05) is 0 Å². The third-order valence-electron chi connectivity index (χ3n) is 3.33. The molecule has 1 aromatic carbocycles. The molecule has 19 heavy (non-hydrogen) atoms. The minimum absolute atomic E-state index is 0.136. The number of hydrogen-bond donors (Lipinski definition) is 2. The molecule has 0 aliphatic carbocycles. The lowest BCUT2D eigenvalue weighted by Crippen LogP contribution is -2.42. The number of ether oxygens (including phenoxy) is 1. The number of anilines is 1. The van der Waals surface area contributed by atoms with Gasteiger partial charge in [-0.3, -0.25) is 4.79 Å². The van der Waals surface area contributed by atoms with E-state index in [2.05, 4.69) is 10.6 Å². The lowest BCUT2D eigenvalue weighted by molar-refractivity contribution is -0.127. The zero-order chi connectivity index (χ0) is 13.9. The maximum absolute atomic E-state index is 13.7. The molecule has 0 bridgehead atoms. The molecule has 1 heterocycles. The summed E-state index contributed by atoms with van der Waals surface area (Å²) >= 11 is 5.67. The summed E-state index contributed by atoms with van der Waals surface area (Å²) in [6.45, 7) is 1.59. The van der Waals surface area contributed by atoms with Crippen molar-refractivity contribution in [2.75, 3.05) is 32.1 Å². The number of carbonyl (C=O) groups is 1. The van der Waals surface area contributed by atoms with Gasteiger partial charge in [-0.25, -0.2) is 4.39 Å². The molecular formula is C13H16ClFN2O2. The van der Waals surface area contributed by atoms with Crippen molar-refractivity contribution in [1.82, 2.24) is 5.32 Å². The normalized spacial score (nSPS) is 22.5. The molecule has 0 saturated carbocycles. The van der Waals surface area contributed by atoms with Crippen LogP contribution in [0.1, 0.15) is 6.42 Å². The van der Waals surface area contributed by atoms with Gasteiger partial charge >= 0.3 is 0 Å². The number of amides is 1. The molecule has 104 valence electrons. The minimum Gasteiger partial charge on any atom is -0.384 e. The van der Waals surface area contributed by atoms with Crippen molar-refractivity contribution in [3.05, 3.63) is 29.0 Å². The predicted molar refractivity (Wildman–Crippen MR) is 71.8 cm³/mol. The molecule has 1 fully saturated rings. The molecule has 1 atom stereocenters. The van der Waals surface area contributed by atoms with E-state index in [1.165, 1.54) is 18.2 Å². The summed E-state index contributed by atoms with van der Waals surface area (Å²) in [5, 5.41) is 6.04. The van der Waals surface area contributed by atoms with Gasteiger partial charge in [-0.15, -0.1) is 0 Å². The highest BCUT2D eigenvalue weighted by Gasteiger charge is 2.41. The van der Waals surface area contributed by atoms with Gasteiger partial charge in [0.05, 0.1) is 17.7 Å². The average molecular weight is 287 g/mol. The maximum atomic E-state index is 13.7. The number of nitrogens with one attached hydrogen (secondary N) is 2. The molecule has 0 aromatic heterocycles. The molecule has 1 aromatic rings. The smallest absolute Gasteiger partial charge is 0.234 e. The molecule has 2 rings (SSSR count). The Morgan fingerprint density at radius 2 is 2.42 bits per heavy atom. The summed E-state index contributed by atoms with van der Waals surface area (Å²) < 4.78 is 18.8. The Bertz CT molecular complexity index is 476. The Hall–Kier alpha value is -1.17. The van der Waals surface area contributed by atoms with Crippen molar-refractivity contribution >= 4 is 23.2 Å². The number of carbonyl (C=O) groups excluding carboxylic acids is 1. The fourth-order valence-corrected chi connectivity index (χ4v) is 2.41. The molecule has 1 saturated heterocycles. The summed E-state index contributed by atoms with van der Waals surface area (Å²) in [5.74, 6) is -0.778. The van der Waals surface area contributed by atoms with Gasteiger partial charge in [-0.1, -0.05) is 11.6 Å². The van der Waals surface area contributed by atoms with E-state index in [-0.39, 0.29) is 11.6 Å². The van der Waals surface area contributed by atoms with Crippen LogP contribution in [0.2, 0.25) is 5.02 Å². The first kappa shape index (κ1) is 14.2. The fourth-order valence-electron chi connectivity index (χ4n) is 2.25. The summed E-state index contributed by atoms with van der Waals surface area (Å²) in [4.78, 5) is 12.3. The molecule has 4 nitrogen and oxygen atoms in total. The van der Waals surface area contributed by atoms with Crippen LogP contribution in [0, 0.1) is 11.2 Å². The lowest BCUT2D eigenvalue weighted by atomic mass is 9.87. The number of hydrogen-bond acceptors (Lipinski definition) is 3. The Morgan fingerprint density at radius 3 is 3.00 bits per heavy atom. The summed E-state index contributed by atoms with van der Waals surface area (Å²) in [6, 6.07) is 4.17. The predicted octanol–water partition coefficient (Wildman–Crippen LogP) is 2.04. The van der Waals surface area contributed by atoms with Crippen LogP contribution in [-0.2, 0) is 9.53 Å². The number of benzene rings is 1. The molecule has 1 aliphatic heterocycles. The third-order valence-corrected chi connectivity index (χ3v) is 3.56. The van der Waals surface area contributed by atoms with Gasteiger partial charge in [0.2, 0.25) is 5.91 Å². The quantitative estimate of drug-likeness (QED) is 0.891. The lowest BCUT2D eigenvalue weighted by Gasteiger charge is -2.26. The summed E-state index contributed by atoms with van der Waals surface area (Å²) in [5.41, 5.74) is -0.502. The van der Waals surface area contributed by atoms with Crippen molar-refractivity contribution in [2.45, 2.75) is 6.42 Å². The van der Waals surface area contributed by atoms with Gasteiger partial charge in [0.15, 0.2) is 0 Å². The van der Waals surface area contributed by atoms with Gasteiger partial charge in [0, 0.05) is 18.7 Å². The molecule has 6 heteroatoms. The highest BCUT2D eigenvalue weighted by atomic mass is 35.5. The molecular weight excluding hydrogens is 271 g/mol. The summed E-state index contributed by atoms with van der Waals surface area (Å²) in [6.07, 6.45) is 0.669. The highest BCUT2D eigenvalue weighted by molar-refractivity contribution is 6.30.